The number of amides is 2. The van der Waals surface area contributed by atoms with Gasteiger partial charge in [0.2, 0.25) is 0 Å². The van der Waals surface area contributed by atoms with E-state index in [9.17, 15) is 9.90 Å². The Labute approximate surface area is 162 Å². The van der Waals surface area contributed by atoms with Crippen molar-refractivity contribution in [2.45, 2.75) is 56.0 Å². The SMILES string of the molecule is CN(C)C1(c2ccccc2)CCC2(CC1)CN(CC(O)=C1CCC1)C(=O)N2. The van der Waals surface area contributed by atoms with Crippen molar-refractivity contribution in [1.29, 1.82) is 0 Å². The van der Waals surface area contributed by atoms with Crippen molar-refractivity contribution in [2.75, 3.05) is 27.2 Å². The summed E-state index contributed by atoms with van der Waals surface area (Å²) in [5, 5.41) is 13.6. The Balaban J connectivity index is 1.47. The third kappa shape index (κ3) is 3.22. The number of aliphatic hydroxyl groups excluding tert-OH is 1. The van der Waals surface area contributed by atoms with Gasteiger partial charge in [-0.3, -0.25) is 4.90 Å². The van der Waals surface area contributed by atoms with E-state index in [0.29, 0.717) is 18.8 Å². The number of allylic oxidation sites excluding steroid dienone is 1. The third-order valence-electron chi connectivity index (χ3n) is 7.06. The maximum Gasteiger partial charge on any atom is 0.318 e. The quantitative estimate of drug-likeness (QED) is 0.794. The number of rotatable bonds is 4. The number of nitrogens with one attached hydrogen (secondary N) is 1. The van der Waals surface area contributed by atoms with Crippen LogP contribution in [0.4, 0.5) is 4.79 Å². The van der Waals surface area contributed by atoms with Crippen molar-refractivity contribution in [3.63, 3.8) is 0 Å². The highest BCUT2D eigenvalue weighted by Crippen LogP contribution is 2.46. The second kappa shape index (κ2) is 6.86. The smallest absolute Gasteiger partial charge is 0.318 e. The predicted octanol–water partition coefficient (Wildman–Crippen LogP) is 3.78. The molecule has 2 aliphatic carbocycles. The molecule has 27 heavy (non-hydrogen) atoms. The number of nitrogens with zero attached hydrogens (tertiary/aromatic N) is 2. The zero-order valence-electron chi connectivity index (χ0n) is 16.5. The van der Waals surface area contributed by atoms with Gasteiger partial charge in [-0.25, -0.2) is 4.79 Å². The highest BCUT2D eigenvalue weighted by Gasteiger charge is 2.50. The molecule has 1 saturated heterocycles. The van der Waals surface area contributed by atoms with Gasteiger partial charge in [-0.15, -0.1) is 0 Å². The van der Waals surface area contributed by atoms with Gasteiger partial charge >= 0.3 is 6.03 Å². The standard InChI is InChI=1S/C22H31N3O2/c1-24(2)22(18-9-4-3-5-10-18)13-11-21(12-14-22)16-25(20(27)23-21)15-19(26)17-7-6-8-17/h3-5,9-10,26H,6-8,11-16H2,1-2H3,(H,23,27). The summed E-state index contributed by atoms with van der Waals surface area (Å²) in [6, 6.07) is 10.7. The Bertz CT molecular complexity index is 727. The highest BCUT2D eigenvalue weighted by molar-refractivity contribution is 5.78. The first kappa shape index (κ1) is 18.4. The summed E-state index contributed by atoms with van der Waals surface area (Å²) in [5.74, 6) is 0.413. The molecular formula is C22H31N3O2. The van der Waals surface area contributed by atoms with Crippen LogP contribution in [0.1, 0.15) is 50.5 Å². The van der Waals surface area contributed by atoms with Crippen molar-refractivity contribution >= 4 is 6.03 Å². The summed E-state index contributed by atoms with van der Waals surface area (Å²) in [5.41, 5.74) is 2.36. The normalized spacial score (nSPS) is 30.6. The average Bonchev–Trinajstić information content (AvgIpc) is 2.90. The second-order valence-electron chi connectivity index (χ2n) is 8.76. The fourth-order valence-corrected chi connectivity index (χ4v) is 5.01. The Morgan fingerprint density at radius 3 is 2.37 bits per heavy atom. The summed E-state index contributed by atoms with van der Waals surface area (Å²) in [7, 11) is 4.32. The summed E-state index contributed by atoms with van der Waals surface area (Å²) in [6.45, 7) is 1.06. The van der Waals surface area contributed by atoms with Gasteiger partial charge in [0.25, 0.3) is 0 Å². The van der Waals surface area contributed by atoms with E-state index in [1.807, 2.05) is 0 Å². The van der Waals surface area contributed by atoms with E-state index in [1.54, 1.807) is 4.90 Å². The van der Waals surface area contributed by atoms with Crippen LogP contribution in [-0.4, -0.2) is 53.7 Å². The molecule has 1 aromatic carbocycles. The maximum absolute atomic E-state index is 12.5. The molecular weight excluding hydrogens is 338 g/mol. The van der Waals surface area contributed by atoms with Gasteiger partial charge in [0.15, 0.2) is 0 Å². The first-order chi connectivity index (χ1) is 12.9. The van der Waals surface area contributed by atoms with Crippen LogP contribution in [0.15, 0.2) is 41.7 Å². The molecule has 1 aromatic rings. The van der Waals surface area contributed by atoms with Gasteiger partial charge < -0.3 is 15.3 Å². The maximum atomic E-state index is 12.5. The monoisotopic (exact) mass is 369 g/mol. The summed E-state index contributed by atoms with van der Waals surface area (Å²) in [4.78, 5) is 16.7. The molecule has 1 spiro atoms. The van der Waals surface area contributed by atoms with Crippen LogP contribution in [-0.2, 0) is 5.54 Å². The molecule has 2 N–H and O–H groups in total. The molecule has 5 nitrogen and oxygen atoms in total. The van der Waals surface area contributed by atoms with Gasteiger partial charge in [0, 0.05) is 12.1 Å². The van der Waals surface area contributed by atoms with Crippen molar-refractivity contribution < 1.29 is 9.90 Å². The van der Waals surface area contributed by atoms with Crippen LogP contribution in [0.3, 0.4) is 0 Å². The van der Waals surface area contributed by atoms with Crippen LogP contribution in [0, 0.1) is 0 Å². The molecule has 4 rings (SSSR count). The zero-order valence-corrected chi connectivity index (χ0v) is 16.5. The molecule has 0 bridgehead atoms. The van der Waals surface area contributed by atoms with Crippen LogP contribution in [0.25, 0.3) is 0 Å². The van der Waals surface area contributed by atoms with Crippen molar-refractivity contribution in [3.8, 4) is 0 Å². The van der Waals surface area contributed by atoms with Crippen molar-refractivity contribution in [3.05, 3.63) is 47.2 Å². The largest absolute Gasteiger partial charge is 0.510 e. The molecule has 146 valence electrons. The zero-order chi connectivity index (χ0) is 19.1. The fourth-order valence-electron chi connectivity index (χ4n) is 5.01. The Morgan fingerprint density at radius 2 is 1.81 bits per heavy atom. The number of urea groups is 1. The van der Waals surface area contributed by atoms with Gasteiger partial charge in [0.1, 0.15) is 5.76 Å². The minimum atomic E-state index is -0.157. The van der Waals surface area contributed by atoms with Crippen LogP contribution < -0.4 is 5.32 Å². The summed E-state index contributed by atoms with van der Waals surface area (Å²) < 4.78 is 0. The number of aliphatic hydroxyl groups is 1. The lowest BCUT2D eigenvalue weighted by Crippen LogP contribution is -2.54. The van der Waals surface area contributed by atoms with Crippen molar-refractivity contribution in [1.82, 2.24) is 15.1 Å². The molecule has 1 heterocycles. The molecule has 3 fully saturated rings. The van der Waals surface area contributed by atoms with E-state index in [1.165, 1.54) is 5.56 Å². The Morgan fingerprint density at radius 1 is 1.15 bits per heavy atom. The van der Waals surface area contributed by atoms with Crippen molar-refractivity contribution in [2.24, 2.45) is 0 Å². The molecule has 0 radical (unpaired) electrons. The van der Waals surface area contributed by atoms with Gasteiger partial charge in [0.05, 0.1) is 12.1 Å². The number of carbonyl (C=O) groups excluding carboxylic acids is 1. The molecule has 0 atom stereocenters. The van der Waals surface area contributed by atoms with E-state index < -0.39 is 0 Å². The lowest BCUT2D eigenvalue weighted by atomic mass is 9.69. The molecule has 0 aromatic heterocycles. The lowest BCUT2D eigenvalue weighted by molar-refractivity contribution is 0.0619. The molecule has 1 aliphatic heterocycles. The van der Waals surface area contributed by atoms with Gasteiger partial charge in [-0.1, -0.05) is 30.3 Å². The van der Waals surface area contributed by atoms with Gasteiger partial charge in [-0.05, 0) is 70.2 Å². The first-order valence-electron chi connectivity index (χ1n) is 10.1. The highest BCUT2D eigenvalue weighted by atomic mass is 16.3. The van der Waals surface area contributed by atoms with E-state index in [-0.39, 0.29) is 17.1 Å². The molecule has 0 unspecified atom stereocenters. The van der Waals surface area contributed by atoms with E-state index in [0.717, 1.165) is 50.5 Å². The van der Waals surface area contributed by atoms with Gasteiger partial charge in [-0.2, -0.15) is 0 Å². The lowest BCUT2D eigenvalue weighted by Gasteiger charge is -2.48. The number of carbonyl (C=O) groups is 1. The first-order valence-corrected chi connectivity index (χ1v) is 10.1. The summed E-state index contributed by atoms with van der Waals surface area (Å²) in [6.07, 6.45) is 7.07. The average molecular weight is 370 g/mol. The number of hydrogen-bond acceptors (Lipinski definition) is 3. The van der Waals surface area contributed by atoms with E-state index >= 15 is 0 Å². The summed E-state index contributed by atoms with van der Waals surface area (Å²) >= 11 is 0. The second-order valence-corrected chi connectivity index (χ2v) is 8.76. The number of benzene rings is 1. The van der Waals surface area contributed by atoms with E-state index in [4.69, 9.17) is 0 Å². The minimum Gasteiger partial charge on any atom is -0.510 e. The Kier molecular flexibility index (Phi) is 4.66. The predicted molar refractivity (Wildman–Crippen MR) is 107 cm³/mol. The number of hydrogen-bond donors (Lipinski definition) is 2. The molecule has 5 heteroatoms. The molecule has 2 amide bonds. The molecule has 3 aliphatic rings. The van der Waals surface area contributed by atoms with Crippen LogP contribution >= 0.6 is 0 Å². The molecule has 2 saturated carbocycles. The topological polar surface area (TPSA) is 55.8 Å². The van der Waals surface area contributed by atoms with Crippen LogP contribution in [0.2, 0.25) is 0 Å². The Hall–Kier alpha value is -2.01. The minimum absolute atomic E-state index is 0.0285. The third-order valence-corrected chi connectivity index (χ3v) is 7.06. The van der Waals surface area contributed by atoms with E-state index in [2.05, 4.69) is 54.6 Å². The van der Waals surface area contributed by atoms with Crippen LogP contribution in [0.5, 0.6) is 0 Å². The fraction of sp³-hybridized carbons (Fsp3) is 0.591.